The minimum atomic E-state index is -0.268. The topological polar surface area (TPSA) is 74.0 Å². The van der Waals surface area contributed by atoms with Crippen LogP contribution in [-0.4, -0.2) is 51.3 Å². The molecule has 116 valence electrons. The van der Waals surface area contributed by atoms with Crippen molar-refractivity contribution in [1.82, 2.24) is 4.90 Å². The fraction of sp³-hybridized carbons (Fsp3) is 0.533. The maximum Gasteiger partial charge on any atom is 0.224 e. The van der Waals surface area contributed by atoms with E-state index in [1.54, 1.807) is 26.2 Å². The monoisotopic (exact) mass is 294 g/mol. The van der Waals surface area contributed by atoms with Crippen molar-refractivity contribution in [2.45, 2.75) is 18.5 Å². The zero-order valence-corrected chi connectivity index (χ0v) is 12.7. The molecule has 21 heavy (non-hydrogen) atoms. The van der Waals surface area contributed by atoms with Crippen LogP contribution in [0.4, 0.5) is 0 Å². The molecule has 6 heteroatoms. The van der Waals surface area contributed by atoms with Gasteiger partial charge in [0.25, 0.3) is 0 Å². The summed E-state index contributed by atoms with van der Waals surface area (Å²) in [6.07, 6.45) is 0.328. The predicted octanol–water partition coefficient (Wildman–Crippen LogP) is 0.951. The van der Waals surface area contributed by atoms with Gasteiger partial charge in [0.05, 0.1) is 26.9 Å². The van der Waals surface area contributed by atoms with Gasteiger partial charge in [0.2, 0.25) is 5.91 Å². The van der Waals surface area contributed by atoms with Crippen molar-refractivity contribution in [3.63, 3.8) is 0 Å². The molecule has 0 aromatic heterocycles. The van der Waals surface area contributed by atoms with Gasteiger partial charge in [0, 0.05) is 31.7 Å². The summed E-state index contributed by atoms with van der Waals surface area (Å²) in [6.45, 7) is 0.981. The van der Waals surface area contributed by atoms with E-state index in [1.807, 2.05) is 18.2 Å². The fourth-order valence-electron chi connectivity index (χ4n) is 2.74. The number of amides is 1. The standard InChI is InChI=1S/C15H22N2O4/c1-19-7-6-17-14(18)9-12(16)15(17)11-8-10(20-2)4-5-13(11)21-3/h4-5,8,12,15H,6-7,9,16H2,1-3H3. The van der Waals surface area contributed by atoms with E-state index in [1.165, 1.54) is 0 Å². The Morgan fingerprint density at radius 1 is 1.29 bits per heavy atom. The van der Waals surface area contributed by atoms with Gasteiger partial charge in [-0.25, -0.2) is 0 Å². The number of hydrogen-bond donors (Lipinski definition) is 1. The molecule has 6 nitrogen and oxygen atoms in total. The van der Waals surface area contributed by atoms with Crippen LogP contribution in [0.5, 0.6) is 11.5 Å². The molecule has 0 radical (unpaired) electrons. The number of likely N-dealkylation sites (tertiary alicyclic amines) is 1. The van der Waals surface area contributed by atoms with Gasteiger partial charge >= 0.3 is 0 Å². The van der Waals surface area contributed by atoms with Gasteiger partial charge in [-0.3, -0.25) is 4.79 Å². The van der Waals surface area contributed by atoms with E-state index in [9.17, 15) is 4.79 Å². The molecule has 1 amide bonds. The number of carbonyl (C=O) groups is 1. The summed E-state index contributed by atoms with van der Waals surface area (Å²) in [5, 5.41) is 0. The number of methoxy groups -OCH3 is 3. The minimum Gasteiger partial charge on any atom is -0.497 e. The zero-order chi connectivity index (χ0) is 15.4. The van der Waals surface area contributed by atoms with Crippen molar-refractivity contribution in [2.24, 2.45) is 5.73 Å². The van der Waals surface area contributed by atoms with E-state index in [-0.39, 0.29) is 18.0 Å². The van der Waals surface area contributed by atoms with Crippen molar-refractivity contribution in [1.29, 1.82) is 0 Å². The molecule has 2 N–H and O–H groups in total. The van der Waals surface area contributed by atoms with Crippen LogP contribution in [0.25, 0.3) is 0 Å². The van der Waals surface area contributed by atoms with Crippen molar-refractivity contribution >= 4 is 5.91 Å². The molecule has 1 aromatic rings. The van der Waals surface area contributed by atoms with Crippen molar-refractivity contribution in [3.8, 4) is 11.5 Å². The molecule has 0 aliphatic carbocycles. The molecule has 2 unspecified atom stereocenters. The van der Waals surface area contributed by atoms with Crippen LogP contribution in [0, 0.1) is 0 Å². The SMILES string of the molecule is COCCN1C(=O)CC(N)C1c1cc(OC)ccc1OC. The van der Waals surface area contributed by atoms with Crippen LogP contribution in [0.3, 0.4) is 0 Å². The van der Waals surface area contributed by atoms with Gasteiger partial charge in [-0.05, 0) is 18.2 Å². The molecule has 0 spiro atoms. The first-order valence-corrected chi connectivity index (χ1v) is 6.88. The highest BCUT2D eigenvalue weighted by atomic mass is 16.5. The third-order valence-electron chi connectivity index (χ3n) is 3.76. The Morgan fingerprint density at radius 3 is 2.67 bits per heavy atom. The Kier molecular flexibility index (Phi) is 5.03. The molecule has 1 fully saturated rings. The van der Waals surface area contributed by atoms with Gasteiger partial charge in [-0.2, -0.15) is 0 Å². The third kappa shape index (κ3) is 3.11. The highest BCUT2D eigenvalue weighted by Crippen LogP contribution is 2.38. The molecule has 2 rings (SSSR count). The van der Waals surface area contributed by atoms with Gasteiger partial charge < -0.3 is 24.8 Å². The minimum absolute atomic E-state index is 0.0365. The van der Waals surface area contributed by atoms with E-state index in [4.69, 9.17) is 19.9 Å². The average molecular weight is 294 g/mol. The fourth-order valence-corrected chi connectivity index (χ4v) is 2.74. The van der Waals surface area contributed by atoms with Gasteiger partial charge in [0.15, 0.2) is 0 Å². The molecule has 1 aliphatic heterocycles. The maximum atomic E-state index is 12.1. The quantitative estimate of drug-likeness (QED) is 0.845. The van der Waals surface area contributed by atoms with E-state index in [0.717, 1.165) is 5.56 Å². The van der Waals surface area contributed by atoms with Crippen LogP contribution < -0.4 is 15.2 Å². The maximum absolute atomic E-state index is 12.1. The van der Waals surface area contributed by atoms with Crippen LogP contribution >= 0.6 is 0 Å². The van der Waals surface area contributed by atoms with Crippen LogP contribution in [-0.2, 0) is 9.53 Å². The number of nitrogens with two attached hydrogens (primary N) is 1. The number of ether oxygens (including phenoxy) is 3. The summed E-state index contributed by atoms with van der Waals surface area (Å²) < 4.78 is 15.8. The molecule has 0 saturated carbocycles. The lowest BCUT2D eigenvalue weighted by Crippen LogP contribution is -2.35. The largest absolute Gasteiger partial charge is 0.497 e. The summed E-state index contributed by atoms with van der Waals surface area (Å²) in [5.41, 5.74) is 7.05. The number of benzene rings is 1. The molecule has 0 bridgehead atoms. The second-order valence-electron chi connectivity index (χ2n) is 5.00. The van der Waals surface area contributed by atoms with E-state index < -0.39 is 0 Å². The summed E-state index contributed by atoms with van der Waals surface area (Å²) >= 11 is 0. The van der Waals surface area contributed by atoms with Crippen LogP contribution in [0.15, 0.2) is 18.2 Å². The smallest absolute Gasteiger partial charge is 0.224 e. The Labute approximate surface area is 124 Å². The highest BCUT2D eigenvalue weighted by molar-refractivity contribution is 5.80. The van der Waals surface area contributed by atoms with E-state index >= 15 is 0 Å². The van der Waals surface area contributed by atoms with Crippen molar-refractivity contribution in [2.75, 3.05) is 34.5 Å². The van der Waals surface area contributed by atoms with Crippen LogP contribution in [0.1, 0.15) is 18.0 Å². The molecule has 2 atom stereocenters. The summed E-state index contributed by atoms with van der Waals surface area (Å²) in [5.74, 6) is 1.45. The summed E-state index contributed by atoms with van der Waals surface area (Å²) in [7, 11) is 4.82. The molecular weight excluding hydrogens is 272 g/mol. The normalized spacial score (nSPS) is 21.7. The van der Waals surface area contributed by atoms with Gasteiger partial charge in [-0.15, -0.1) is 0 Å². The van der Waals surface area contributed by atoms with E-state index in [2.05, 4.69) is 0 Å². The molecule has 1 heterocycles. The number of nitrogens with zero attached hydrogens (tertiary/aromatic N) is 1. The molecule has 1 saturated heterocycles. The first-order chi connectivity index (χ1) is 10.1. The number of rotatable bonds is 6. The first kappa shape index (κ1) is 15.6. The lowest BCUT2D eigenvalue weighted by Gasteiger charge is -2.28. The first-order valence-electron chi connectivity index (χ1n) is 6.88. The lowest BCUT2D eigenvalue weighted by molar-refractivity contribution is -0.129. The summed E-state index contributed by atoms with van der Waals surface area (Å²) in [6, 6.07) is 5.04. The second-order valence-corrected chi connectivity index (χ2v) is 5.00. The van der Waals surface area contributed by atoms with Crippen molar-refractivity contribution in [3.05, 3.63) is 23.8 Å². The zero-order valence-electron chi connectivity index (χ0n) is 12.7. The van der Waals surface area contributed by atoms with Gasteiger partial charge in [0.1, 0.15) is 11.5 Å². The second kappa shape index (κ2) is 6.78. The molecular formula is C15H22N2O4. The van der Waals surface area contributed by atoms with Crippen molar-refractivity contribution < 1.29 is 19.0 Å². The molecule has 1 aromatic carbocycles. The Morgan fingerprint density at radius 2 is 2.05 bits per heavy atom. The lowest BCUT2D eigenvalue weighted by atomic mass is 9.99. The van der Waals surface area contributed by atoms with Crippen LogP contribution in [0.2, 0.25) is 0 Å². The number of carbonyl (C=O) groups excluding carboxylic acids is 1. The average Bonchev–Trinajstić information content (AvgIpc) is 2.78. The van der Waals surface area contributed by atoms with E-state index in [0.29, 0.717) is 31.1 Å². The summed E-state index contributed by atoms with van der Waals surface area (Å²) in [4.78, 5) is 13.9. The third-order valence-corrected chi connectivity index (χ3v) is 3.76. The number of hydrogen-bond acceptors (Lipinski definition) is 5. The Balaban J connectivity index is 2.38. The molecule has 1 aliphatic rings. The Bertz CT molecular complexity index is 506. The highest BCUT2D eigenvalue weighted by Gasteiger charge is 2.39. The van der Waals surface area contributed by atoms with Gasteiger partial charge in [-0.1, -0.05) is 0 Å². The Hall–Kier alpha value is -1.79. The predicted molar refractivity (Wildman–Crippen MR) is 78.5 cm³/mol.